The molecule has 1 heterocycles. The van der Waals surface area contributed by atoms with Crippen LogP contribution in [0.15, 0.2) is 65.6 Å². The summed E-state index contributed by atoms with van der Waals surface area (Å²) in [5.74, 6) is 0.0349. The number of nitrogens with zero attached hydrogens (tertiary/aromatic N) is 1. The zero-order valence-electron chi connectivity index (χ0n) is 15.2. The number of benzene rings is 2. The summed E-state index contributed by atoms with van der Waals surface area (Å²) >= 11 is 1.67. The summed E-state index contributed by atoms with van der Waals surface area (Å²) in [7, 11) is -3.06. The van der Waals surface area contributed by atoms with Gasteiger partial charge in [0.05, 0.1) is 11.5 Å². The van der Waals surface area contributed by atoms with Gasteiger partial charge in [0.2, 0.25) is 5.91 Å². The van der Waals surface area contributed by atoms with Gasteiger partial charge in [0.15, 0.2) is 9.84 Å². The van der Waals surface area contributed by atoms with Crippen LogP contribution in [0.25, 0.3) is 6.08 Å². The van der Waals surface area contributed by atoms with Crippen LogP contribution >= 0.6 is 11.8 Å². The third-order valence-corrected chi connectivity index (χ3v) is 7.16. The van der Waals surface area contributed by atoms with Crippen LogP contribution in [0.5, 0.6) is 0 Å². The molecule has 3 rings (SSSR count). The molecular formula is C21H23NO3S2. The van der Waals surface area contributed by atoms with E-state index in [1.54, 1.807) is 28.8 Å². The molecule has 0 spiro atoms. The zero-order chi connectivity index (χ0) is 19.3. The largest absolute Gasteiger partial charge is 0.331 e. The molecule has 0 radical (unpaired) electrons. The Labute approximate surface area is 165 Å². The van der Waals surface area contributed by atoms with Crippen LogP contribution in [0, 0.1) is 0 Å². The Morgan fingerprint density at radius 1 is 1.15 bits per heavy atom. The molecule has 6 heteroatoms. The van der Waals surface area contributed by atoms with E-state index in [4.69, 9.17) is 0 Å². The third-order valence-electron chi connectivity index (χ3n) is 4.66. The lowest BCUT2D eigenvalue weighted by Gasteiger charge is -2.27. The van der Waals surface area contributed by atoms with Crippen molar-refractivity contribution >= 4 is 33.6 Å². The van der Waals surface area contributed by atoms with Gasteiger partial charge in [0, 0.05) is 23.6 Å². The van der Waals surface area contributed by atoms with Crippen LogP contribution in [-0.4, -0.2) is 43.0 Å². The van der Waals surface area contributed by atoms with Gasteiger partial charge in [-0.15, -0.1) is 11.8 Å². The topological polar surface area (TPSA) is 54.5 Å². The average molecular weight is 402 g/mol. The van der Waals surface area contributed by atoms with Gasteiger partial charge in [0.1, 0.15) is 0 Å². The maximum atomic E-state index is 12.9. The summed E-state index contributed by atoms with van der Waals surface area (Å²) in [5, 5.41) is 0. The summed E-state index contributed by atoms with van der Waals surface area (Å²) in [6.07, 6.45) is 5.85. The van der Waals surface area contributed by atoms with E-state index in [1.807, 2.05) is 60.9 Å². The Kier molecular flexibility index (Phi) is 6.39. The lowest BCUT2D eigenvalue weighted by Crippen LogP contribution is -2.39. The molecule has 142 valence electrons. The quantitative estimate of drug-likeness (QED) is 0.548. The molecule has 0 N–H and O–H groups in total. The molecule has 4 nitrogen and oxygen atoms in total. The number of hydrogen-bond donors (Lipinski definition) is 0. The first kappa shape index (κ1) is 19.7. The maximum absolute atomic E-state index is 12.9. The molecule has 1 saturated heterocycles. The van der Waals surface area contributed by atoms with Crippen molar-refractivity contribution in [1.82, 2.24) is 4.90 Å². The second-order valence-electron chi connectivity index (χ2n) is 6.62. The second kappa shape index (κ2) is 8.76. The number of sulfone groups is 1. The molecule has 2 aromatic carbocycles. The summed E-state index contributed by atoms with van der Waals surface area (Å²) in [6.45, 7) is 0.412. The molecule has 0 aliphatic carbocycles. The molecule has 27 heavy (non-hydrogen) atoms. The number of carbonyl (C=O) groups is 1. The van der Waals surface area contributed by atoms with Crippen LogP contribution in [0.4, 0.5) is 0 Å². The molecule has 1 amide bonds. The number of amides is 1. The molecule has 2 aromatic rings. The Hall–Kier alpha value is -2.05. The minimum atomic E-state index is -3.06. The number of hydrogen-bond acceptors (Lipinski definition) is 4. The van der Waals surface area contributed by atoms with Gasteiger partial charge >= 0.3 is 0 Å². The zero-order valence-corrected chi connectivity index (χ0v) is 16.9. The van der Waals surface area contributed by atoms with E-state index in [2.05, 4.69) is 0 Å². The Morgan fingerprint density at radius 3 is 2.44 bits per heavy atom. The number of thioether (sulfide) groups is 1. The minimum absolute atomic E-state index is 0.0435. The normalized spacial score (nSPS) is 18.6. The van der Waals surface area contributed by atoms with E-state index < -0.39 is 9.84 Å². The molecule has 1 unspecified atom stereocenters. The highest BCUT2D eigenvalue weighted by molar-refractivity contribution is 7.98. The fraction of sp³-hybridized carbons (Fsp3) is 0.286. The van der Waals surface area contributed by atoms with E-state index in [0.29, 0.717) is 13.0 Å². The van der Waals surface area contributed by atoms with Crippen LogP contribution in [-0.2, 0) is 21.2 Å². The number of rotatable bonds is 6. The molecule has 0 saturated carbocycles. The standard InChI is InChI=1S/C21H23NO3S2/c1-26-20-10-7-17(8-11-20)9-12-21(23)22(15-18-5-3-2-4-6-18)19-13-14-27(24,25)16-19/h2-12,19H,13-16H2,1H3. The first-order valence-corrected chi connectivity index (χ1v) is 11.9. The highest BCUT2D eigenvalue weighted by Gasteiger charge is 2.34. The third kappa shape index (κ3) is 5.47. The van der Waals surface area contributed by atoms with Gasteiger partial charge in [0.25, 0.3) is 0 Å². The van der Waals surface area contributed by atoms with E-state index in [9.17, 15) is 13.2 Å². The van der Waals surface area contributed by atoms with Crippen molar-refractivity contribution in [3.63, 3.8) is 0 Å². The first-order valence-electron chi connectivity index (χ1n) is 8.84. The summed E-state index contributed by atoms with van der Waals surface area (Å²) in [4.78, 5) is 15.7. The summed E-state index contributed by atoms with van der Waals surface area (Å²) in [5.41, 5.74) is 1.94. The highest BCUT2D eigenvalue weighted by atomic mass is 32.2. The smallest absolute Gasteiger partial charge is 0.247 e. The van der Waals surface area contributed by atoms with Crippen molar-refractivity contribution in [3.05, 3.63) is 71.8 Å². The first-order chi connectivity index (χ1) is 13.0. The fourth-order valence-corrected chi connectivity index (χ4v) is 5.31. The van der Waals surface area contributed by atoms with Gasteiger partial charge in [-0.2, -0.15) is 0 Å². The number of carbonyl (C=O) groups excluding carboxylic acids is 1. The molecule has 1 aliphatic rings. The molecule has 1 fully saturated rings. The van der Waals surface area contributed by atoms with Crippen LogP contribution in [0.1, 0.15) is 17.5 Å². The van der Waals surface area contributed by atoms with E-state index >= 15 is 0 Å². The van der Waals surface area contributed by atoms with Crippen LogP contribution in [0.3, 0.4) is 0 Å². The molecule has 1 aliphatic heterocycles. The Bertz CT molecular complexity index is 906. The molecule has 0 aromatic heterocycles. The lowest BCUT2D eigenvalue weighted by molar-refractivity contribution is -0.128. The molecule has 0 bridgehead atoms. The summed E-state index contributed by atoms with van der Waals surface area (Å²) in [6, 6.07) is 17.4. The van der Waals surface area contributed by atoms with Crippen LogP contribution < -0.4 is 0 Å². The van der Waals surface area contributed by atoms with E-state index in [-0.39, 0.29) is 23.5 Å². The average Bonchev–Trinajstić information content (AvgIpc) is 3.05. The lowest BCUT2D eigenvalue weighted by atomic mass is 10.1. The van der Waals surface area contributed by atoms with Crippen molar-refractivity contribution in [3.8, 4) is 0 Å². The fourth-order valence-electron chi connectivity index (χ4n) is 3.17. The predicted molar refractivity (Wildman–Crippen MR) is 111 cm³/mol. The second-order valence-corrected chi connectivity index (χ2v) is 9.72. The van der Waals surface area contributed by atoms with Gasteiger partial charge in [-0.25, -0.2) is 8.42 Å². The van der Waals surface area contributed by atoms with Crippen molar-refractivity contribution in [1.29, 1.82) is 0 Å². The van der Waals surface area contributed by atoms with Crippen molar-refractivity contribution in [2.24, 2.45) is 0 Å². The highest BCUT2D eigenvalue weighted by Crippen LogP contribution is 2.21. The Balaban J connectivity index is 1.78. The van der Waals surface area contributed by atoms with Gasteiger partial charge in [-0.1, -0.05) is 42.5 Å². The summed E-state index contributed by atoms with van der Waals surface area (Å²) < 4.78 is 23.8. The minimum Gasteiger partial charge on any atom is -0.331 e. The molecule has 1 atom stereocenters. The van der Waals surface area contributed by atoms with Crippen molar-refractivity contribution in [2.75, 3.05) is 17.8 Å². The monoisotopic (exact) mass is 401 g/mol. The SMILES string of the molecule is CSc1ccc(C=CC(=O)N(Cc2ccccc2)C2CCS(=O)(=O)C2)cc1. The van der Waals surface area contributed by atoms with E-state index in [0.717, 1.165) is 11.1 Å². The maximum Gasteiger partial charge on any atom is 0.247 e. The van der Waals surface area contributed by atoms with Crippen molar-refractivity contribution in [2.45, 2.75) is 23.9 Å². The van der Waals surface area contributed by atoms with E-state index in [1.165, 1.54) is 4.90 Å². The van der Waals surface area contributed by atoms with Crippen molar-refractivity contribution < 1.29 is 13.2 Å². The Morgan fingerprint density at radius 2 is 1.85 bits per heavy atom. The molecular weight excluding hydrogens is 378 g/mol. The van der Waals surface area contributed by atoms with Gasteiger partial charge in [-0.05, 0) is 42.0 Å². The van der Waals surface area contributed by atoms with Gasteiger partial charge < -0.3 is 4.90 Å². The predicted octanol–water partition coefficient (Wildman–Crippen LogP) is 3.64. The van der Waals surface area contributed by atoms with Gasteiger partial charge in [-0.3, -0.25) is 4.79 Å². The van der Waals surface area contributed by atoms with Crippen LogP contribution in [0.2, 0.25) is 0 Å².